The Hall–Kier alpha value is -1.57. The van der Waals surface area contributed by atoms with Gasteiger partial charge in [-0.1, -0.05) is 25.3 Å². The topological polar surface area (TPSA) is 17.8 Å². The van der Waals surface area contributed by atoms with Crippen LogP contribution < -0.4 is 0 Å². The maximum Gasteiger partial charge on any atom is 0.0573 e. The van der Waals surface area contributed by atoms with Crippen LogP contribution in [0.2, 0.25) is 0 Å². The van der Waals surface area contributed by atoms with Gasteiger partial charge in [-0.3, -0.25) is 0 Å². The van der Waals surface area contributed by atoms with Crippen LogP contribution in [0.15, 0.2) is 43.8 Å². The average molecular weight is 160 g/mol. The first-order valence-corrected chi connectivity index (χ1v) is 3.73. The van der Waals surface area contributed by atoms with E-state index < -0.39 is 0 Å². The van der Waals surface area contributed by atoms with Crippen LogP contribution in [0.4, 0.5) is 0 Å². The van der Waals surface area contributed by atoms with Gasteiger partial charge in [0.25, 0.3) is 0 Å². The third kappa shape index (κ3) is 1.95. The molecule has 0 atom stereocenters. The fourth-order valence-corrected chi connectivity index (χ4v) is 0.825. The third-order valence-corrected chi connectivity index (χ3v) is 1.43. The molecular formula is C10H12N2. The number of nitrogens with zero attached hydrogens (tertiary/aromatic N) is 2. The van der Waals surface area contributed by atoms with Crippen molar-refractivity contribution >= 4 is 5.70 Å². The standard InChI is InChI=1S/C10H12N2/c1-4-5-6-10(3)12-8-9(2)7-11-12/h4-8H,1,3H2,2H3/b6-5-. The van der Waals surface area contributed by atoms with Crippen molar-refractivity contribution < 1.29 is 0 Å². The van der Waals surface area contributed by atoms with Gasteiger partial charge in [0.05, 0.1) is 11.9 Å². The van der Waals surface area contributed by atoms with Gasteiger partial charge in [0, 0.05) is 6.20 Å². The average Bonchev–Trinajstić information content (AvgIpc) is 2.47. The second kappa shape index (κ2) is 3.72. The summed E-state index contributed by atoms with van der Waals surface area (Å²) in [5, 5.41) is 4.10. The van der Waals surface area contributed by atoms with E-state index in [-0.39, 0.29) is 0 Å². The number of aromatic nitrogens is 2. The van der Waals surface area contributed by atoms with Crippen molar-refractivity contribution in [2.45, 2.75) is 6.92 Å². The van der Waals surface area contributed by atoms with Gasteiger partial charge in [0.1, 0.15) is 0 Å². The zero-order valence-electron chi connectivity index (χ0n) is 7.20. The van der Waals surface area contributed by atoms with Crippen molar-refractivity contribution in [3.8, 4) is 0 Å². The van der Waals surface area contributed by atoms with Gasteiger partial charge in [-0.05, 0) is 18.6 Å². The summed E-state index contributed by atoms with van der Waals surface area (Å²) in [5.74, 6) is 0. The zero-order chi connectivity index (χ0) is 8.97. The summed E-state index contributed by atoms with van der Waals surface area (Å²) in [7, 11) is 0. The Labute approximate surface area is 72.5 Å². The lowest BCUT2D eigenvalue weighted by molar-refractivity contribution is 0.912. The number of aryl methyl sites for hydroxylation is 1. The summed E-state index contributed by atoms with van der Waals surface area (Å²) in [6, 6.07) is 0. The molecular weight excluding hydrogens is 148 g/mol. The zero-order valence-corrected chi connectivity index (χ0v) is 7.20. The predicted octanol–water partition coefficient (Wildman–Crippen LogP) is 2.40. The van der Waals surface area contributed by atoms with E-state index in [4.69, 9.17) is 0 Å². The molecule has 2 heteroatoms. The lowest BCUT2D eigenvalue weighted by atomic mass is 10.4. The highest BCUT2D eigenvalue weighted by molar-refractivity contribution is 5.53. The molecule has 0 saturated heterocycles. The first kappa shape index (κ1) is 8.53. The summed E-state index contributed by atoms with van der Waals surface area (Å²) >= 11 is 0. The lowest BCUT2D eigenvalue weighted by Gasteiger charge is -1.96. The summed E-state index contributed by atoms with van der Waals surface area (Å²) in [6.07, 6.45) is 9.13. The second-order valence-electron chi connectivity index (χ2n) is 2.55. The van der Waals surface area contributed by atoms with E-state index in [1.807, 2.05) is 25.3 Å². The van der Waals surface area contributed by atoms with Crippen molar-refractivity contribution in [3.63, 3.8) is 0 Å². The maximum atomic E-state index is 4.10. The molecule has 0 spiro atoms. The first-order chi connectivity index (χ1) is 5.74. The van der Waals surface area contributed by atoms with Gasteiger partial charge < -0.3 is 0 Å². The van der Waals surface area contributed by atoms with Crippen LogP contribution in [0, 0.1) is 6.92 Å². The largest absolute Gasteiger partial charge is 0.241 e. The number of hydrogen-bond donors (Lipinski definition) is 0. The monoisotopic (exact) mass is 160 g/mol. The Morgan fingerprint density at radius 3 is 2.92 bits per heavy atom. The smallest absolute Gasteiger partial charge is 0.0573 e. The van der Waals surface area contributed by atoms with Gasteiger partial charge in [0.15, 0.2) is 0 Å². The molecule has 62 valence electrons. The van der Waals surface area contributed by atoms with E-state index >= 15 is 0 Å². The van der Waals surface area contributed by atoms with Crippen LogP contribution >= 0.6 is 0 Å². The van der Waals surface area contributed by atoms with Crippen LogP contribution in [-0.4, -0.2) is 9.78 Å². The highest BCUT2D eigenvalue weighted by Gasteiger charge is 1.93. The molecule has 1 aromatic heterocycles. The van der Waals surface area contributed by atoms with E-state index in [2.05, 4.69) is 18.3 Å². The van der Waals surface area contributed by atoms with Crippen LogP contribution in [0.5, 0.6) is 0 Å². The summed E-state index contributed by atoms with van der Waals surface area (Å²) in [5.41, 5.74) is 1.96. The molecule has 0 unspecified atom stereocenters. The molecule has 1 aromatic rings. The van der Waals surface area contributed by atoms with Crippen LogP contribution in [0.3, 0.4) is 0 Å². The van der Waals surface area contributed by atoms with E-state index in [1.54, 1.807) is 17.0 Å². The summed E-state index contributed by atoms with van der Waals surface area (Å²) in [6.45, 7) is 9.41. The molecule has 0 aromatic carbocycles. The Kier molecular flexibility index (Phi) is 2.64. The molecule has 2 nitrogen and oxygen atoms in total. The predicted molar refractivity (Wildman–Crippen MR) is 51.6 cm³/mol. The minimum Gasteiger partial charge on any atom is -0.241 e. The first-order valence-electron chi connectivity index (χ1n) is 3.73. The van der Waals surface area contributed by atoms with Crippen molar-refractivity contribution in [2.75, 3.05) is 0 Å². The Bertz CT molecular complexity index is 318. The molecule has 0 saturated carbocycles. The van der Waals surface area contributed by atoms with Crippen molar-refractivity contribution in [2.24, 2.45) is 0 Å². The number of hydrogen-bond acceptors (Lipinski definition) is 1. The van der Waals surface area contributed by atoms with Gasteiger partial charge in [-0.25, -0.2) is 4.68 Å². The van der Waals surface area contributed by atoms with Crippen molar-refractivity contribution in [1.82, 2.24) is 9.78 Å². The Balaban J connectivity index is 2.78. The molecule has 0 amide bonds. The molecule has 1 rings (SSSR count). The third-order valence-electron chi connectivity index (χ3n) is 1.43. The van der Waals surface area contributed by atoms with Crippen molar-refractivity contribution in [1.29, 1.82) is 0 Å². The summed E-state index contributed by atoms with van der Waals surface area (Å²) in [4.78, 5) is 0. The normalized spacial score (nSPS) is 10.4. The van der Waals surface area contributed by atoms with Gasteiger partial charge in [-0.15, -0.1) is 0 Å². The number of allylic oxidation sites excluding steroid dienone is 4. The SMILES string of the molecule is C=C/C=C\C(=C)n1cc(C)cn1. The molecule has 1 heterocycles. The molecule has 12 heavy (non-hydrogen) atoms. The van der Waals surface area contributed by atoms with E-state index in [9.17, 15) is 0 Å². The van der Waals surface area contributed by atoms with Crippen LogP contribution in [0.25, 0.3) is 5.70 Å². The number of rotatable bonds is 3. The molecule has 0 aliphatic rings. The maximum absolute atomic E-state index is 4.10. The van der Waals surface area contributed by atoms with Crippen LogP contribution in [-0.2, 0) is 0 Å². The highest BCUT2D eigenvalue weighted by Crippen LogP contribution is 2.03. The van der Waals surface area contributed by atoms with E-state index in [0.717, 1.165) is 11.3 Å². The molecule has 0 aliphatic carbocycles. The summed E-state index contributed by atoms with van der Waals surface area (Å²) < 4.78 is 1.73. The Morgan fingerprint density at radius 2 is 2.42 bits per heavy atom. The van der Waals surface area contributed by atoms with Gasteiger partial charge >= 0.3 is 0 Å². The quantitative estimate of drug-likeness (QED) is 0.621. The van der Waals surface area contributed by atoms with E-state index in [0.29, 0.717) is 0 Å². The van der Waals surface area contributed by atoms with Crippen LogP contribution in [0.1, 0.15) is 5.56 Å². The highest BCUT2D eigenvalue weighted by atomic mass is 15.3. The fraction of sp³-hybridized carbons (Fsp3) is 0.100. The molecule has 0 aliphatic heterocycles. The Morgan fingerprint density at radius 1 is 1.67 bits per heavy atom. The lowest BCUT2D eigenvalue weighted by Crippen LogP contribution is -1.92. The molecule has 0 radical (unpaired) electrons. The minimum atomic E-state index is 0.836. The fourth-order valence-electron chi connectivity index (χ4n) is 0.825. The van der Waals surface area contributed by atoms with Gasteiger partial charge in [0.2, 0.25) is 0 Å². The van der Waals surface area contributed by atoms with Crippen molar-refractivity contribution in [3.05, 3.63) is 49.3 Å². The second-order valence-corrected chi connectivity index (χ2v) is 2.55. The molecule has 0 N–H and O–H groups in total. The van der Waals surface area contributed by atoms with Gasteiger partial charge in [-0.2, -0.15) is 5.10 Å². The molecule has 0 fully saturated rings. The minimum absolute atomic E-state index is 0.836. The molecule has 0 bridgehead atoms. The van der Waals surface area contributed by atoms with E-state index in [1.165, 1.54) is 0 Å².